The molecule has 1 aliphatic rings. The third-order valence-corrected chi connectivity index (χ3v) is 3.67. The minimum absolute atomic E-state index is 0.116. The zero-order chi connectivity index (χ0) is 12.0. The van der Waals surface area contributed by atoms with Crippen molar-refractivity contribution in [3.8, 4) is 0 Å². The maximum Gasteiger partial charge on any atom is 0.234 e. The maximum atomic E-state index is 4.58. The fourth-order valence-corrected chi connectivity index (χ4v) is 2.46. The van der Waals surface area contributed by atoms with Crippen LogP contribution in [0, 0.1) is 0 Å². The standard InChI is InChI=1S/C11H17N5S/c1-11(2,3)12-6-8-15-16-9(7-4-5-7)13-14-10(16)17-8/h7,12H,4-6H2,1-3H3. The van der Waals surface area contributed by atoms with E-state index < -0.39 is 0 Å². The first-order chi connectivity index (χ1) is 8.03. The molecule has 2 aromatic rings. The Morgan fingerprint density at radius 3 is 2.76 bits per heavy atom. The summed E-state index contributed by atoms with van der Waals surface area (Å²) in [4.78, 5) is 0.914. The first kappa shape index (κ1) is 11.1. The van der Waals surface area contributed by atoms with Crippen molar-refractivity contribution < 1.29 is 0 Å². The van der Waals surface area contributed by atoms with E-state index in [0.717, 1.165) is 22.3 Å². The van der Waals surface area contributed by atoms with Gasteiger partial charge in [0.2, 0.25) is 4.96 Å². The Labute approximate surface area is 104 Å². The minimum atomic E-state index is 0.116. The second-order valence-corrected chi connectivity index (χ2v) is 6.67. The maximum absolute atomic E-state index is 4.58. The van der Waals surface area contributed by atoms with Gasteiger partial charge < -0.3 is 5.32 Å². The van der Waals surface area contributed by atoms with E-state index in [9.17, 15) is 0 Å². The average molecular weight is 251 g/mol. The van der Waals surface area contributed by atoms with Crippen LogP contribution in [0.2, 0.25) is 0 Å². The lowest BCUT2D eigenvalue weighted by atomic mass is 10.1. The van der Waals surface area contributed by atoms with Crippen LogP contribution >= 0.6 is 11.3 Å². The first-order valence-corrected chi connectivity index (χ1v) is 6.81. The summed E-state index contributed by atoms with van der Waals surface area (Å²) < 4.78 is 1.92. The SMILES string of the molecule is CC(C)(C)NCc1nn2c(C3CC3)nnc2s1. The molecular formula is C11H17N5S. The van der Waals surface area contributed by atoms with Crippen molar-refractivity contribution >= 4 is 16.3 Å². The van der Waals surface area contributed by atoms with E-state index >= 15 is 0 Å². The van der Waals surface area contributed by atoms with Gasteiger partial charge >= 0.3 is 0 Å². The van der Waals surface area contributed by atoms with Crippen molar-refractivity contribution in [1.82, 2.24) is 25.1 Å². The van der Waals surface area contributed by atoms with E-state index in [-0.39, 0.29) is 5.54 Å². The van der Waals surface area contributed by atoms with E-state index in [1.54, 1.807) is 11.3 Å². The van der Waals surface area contributed by atoms with Crippen LogP contribution in [0.5, 0.6) is 0 Å². The zero-order valence-electron chi connectivity index (χ0n) is 10.4. The summed E-state index contributed by atoms with van der Waals surface area (Å²) in [5, 5.41) is 17.5. The van der Waals surface area contributed by atoms with Crippen LogP contribution in [0.4, 0.5) is 0 Å². The van der Waals surface area contributed by atoms with Crippen molar-refractivity contribution in [3.05, 3.63) is 10.8 Å². The predicted octanol–water partition coefficient (Wildman–Crippen LogP) is 1.95. The van der Waals surface area contributed by atoms with Gasteiger partial charge in [0.25, 0.3) is 0 Å². The molecule has 0 aromatic carbocycles. The highest BCUT2D eigenvalue weighted by Gasteiger charge is 2.30. The van der Waals surface area contributed by atoms with E-state index in [4.69, 9.17) is 0 Å². The monoisotopic (exact) mass is 251 g/mol. The highest BCUT2D eigenvalue weighted by Crippen LogP contribution is 2.39. The highest BCUT2D eigenvalue weighted by molar-refractivity contribution is 7.16. The van der Waals surface area contributed by atoms with Gasteiger partial charge in [-0.15, -0.1) is 10.2 Å². The number of hydrogen-bond donors (Lipinski definition) is 1. The summed E-state index contributed by atoms with van der Waals surface area (Å²) in [7, 11) is 0. The molecule has 0 amide bonds. The van der Waals surface area contributed by atoms with Gasteiger partial charge in [-0.05, 0) is 33.6 Å². The van der Waals surface area contributed by atoms with Crippen molar-refractivity contribution in [2.45, 2.75) is 51.6 Å². The molecule has 3 rings (SSSR count). The molecule has 0 bridgehead atoms. The van der Waals surface area contributed by atoms with Gasteiger partial charge in [0, 0.05) is 11.5 Å². The number of nitrogens with zero attached hydrogens (tertiary/aromatic N) is 4. The molecule has 0 saturated heterocycles. The fraction of sp³-hybridized carbons (Fsp3) is 0.727. The number of fused-ring (bicyclic) bond motifs is 1. The smallest absolute Gasteiger partial charge is 0.234 e. The van der Waals surface area contributed by atoms with E-state index in [0.29, 0.717) is 5.92 Å². The molecule has 6 heteroatoms. The second-order valence-electron chi connectivity index (χ2n) is 5.63. The quantitative estimate of drug-likeness (QED) is 0.906. The van der Waals surface area contributed by atoms with Gasteiger partial charge in [0.05, 0.1) is 6.54 Å². The number of hydrogen-bond acceptors (Lipinski definition) is 5. The summed E-state index contributed by atoms with van der Waals surface area (Å²) in [6.07, 6.45) is 2.46. The summed E-state index contributed by atoms with van der Waals surface area (Å²) >= 11 is 1.62. The third kappa shape index (κ3) is 2.32. The van der Waals surface area contributed by atoms with Gasteiger partial charge in [-0.1, -0.05) is 11.3 Å². The highest BCUT2D eigenvalue weighted by atomic mass is 32.1. The molecule has 0 aliphatic heterocycles. The molecule has 0 unspecified atom stereocenters. The molecule has 2 heterocycles. The van der Waals surface area contributed by atoms with Gasteiger partial charge in [-0.2, -0.15) is 9.61 Å². The Bertz CT molecular complexity index is 532. The Hall–Kier alpha value is -1.01. The number of rotatable bonds is 3. The van der Waals surface area contributed by atoms with Crippen LogP contribution in [0.15, 0.2) is 0 Å². The molecule has 0 atom stereocenters. The van der Waals surface area contributed by atoms with Crippen LogP contribution in [0.1, 0.15) is 50.4 Å². The summed E-state index contributed by atoms with van der Waals surface area (Å²) in [6.45, 7) is 7.26. The lowest BCUT2D eigenvalue weighted by molar-refractivity contribution is 0.422. The Kier molecular flexibility index (Phi) is 2.45. The molecular weight excluding hydrogens is 234 g/mol. The lowest BCUT2D eigenvalue weighted by Gasteiger charge is -2.19. The second kappa shape index (κ2) is 3.74. The zero-order valence-corrected chi connectivity index (χ0v) is 11.2. The van der Waals surface area contributed by atoms with Crippen molar-refractivity contribution in [3.63, 3.8) is 0 Å². The van der Waals surface area contributed by atoms with E-state index in [1.165, 1.54) is 12.8 Å². The van der Waals surface area contributed by atoms with Crippen LogP contribution in [0.3, 0.4) is 0 Å². The summed E-state index contributed by atoms with van der Waals surface area (Å²) in [6, 6.07) is 0. The molecule has 92 valence electrons. The lowest BCUT2D eigenvalue weighted by Crippen LogP contribution is -2.35. The molecule has 5 nitrogen and oxygen atoms in total. The van der Waals surface area contributed by atoms with Crippen LogP contribution < -0.4 is 5.32 Å². The Balaban J connectivity index is 1.82. The minimum Gasteiger partial charge on any atom is -0.306 e. The molecule has 1 fully saturated rings. The molecule has 0 spiro atoms. The molecule has 17 heavy (non-hydrogen) atoms. The fourth-order valence-electron chi connectivity index (χ4n) is 1.68. The first-order valence-electron chi connectivity index (χ1n) is 5.99. The van der Waals surface area contributed by atoms with Crippen LogP contribution in [-0.2, 0) is 6.54 Å². The van der Waals surface area contributed by atoms with E-state index in [1.807, 2.05) is 4.52 Å². The van der Waals surface area contributed by atoms with Gasteiger partial charge in [-0.3, -0.25) is 0 Å². The van der Waals surface area contributed by atoms with Gasteiger partial charge in [0.1, 0.15) is 5.01 Å². The Morgan fingerprint density at radius 1 is 1.35 bits per heavy atom. The number of aromatic nitrogens is 4. The number of nitrogens with one attached hydrogen (secondary N) is 1. The summed E-state index contributed by atoms with van der Waals surface area (Å²) in [5.74, 6) is 1.63. The predicted molar refractivity (Wildman–Crippen MR) is 67.2 cm³/mol. The molecule has 2 aromatic heterocycles. The Morgan fingerprint density at radius 2 is 2.12 bits per heavy atom. The normalized spacial score (nSPS) is 16.9. The van der Waals surface area contributed by atoms with Gasteiger partial charge in [-0.25, -0.2) is 0 Å². The van der Waals surface area contributed by atoms with Crippen molar-refractivity contribution in [2.24, 2.45) is 0 Å². The molecule has 1 saturated carbocycles. The topological polar surface area (TPSA) is 55.1 Å². The van der Waals surface area contributed by atoms with E-state index in [2.05, 4.69) is 41.4 Å². The van der Waals surface area contributed by atoms with Crippen molar-refractivity contribution in [1.29, 1.82) is 0 Å². The molecule has 1 N–H and O–H groups in total. The van der Waals surface area contributed by atoms with Crippen LogP contribution in [-0.4, -0.2) is 25.4 Å². The largest absolute Gasteiger partial charge is 0.306 e. The molecule has 1 aliphatic carbocycles. The summed E-state index contributed by atoms with van der Waals surface area (Å²) in [5.41, 5.74) is 0.116. The molecule has 0 radical (unpaired) electrons. The third-order valence-electron chi connectivity index (χ3n) is 2.77. The van der Waals surface area contributed by atoms with Gasteiger partial charge in [0.15, 0.2) is 5.82 Å². The average Bonchev–Trinajstić information content (AvgIpc) is 2.87. The van der Waals surface area contributed by atoms with Crippen LogP contribution in [0.25, 0.3) is 4.96 Å². The van der Waals surface area contributed by atoms with Crippen molar-refractivity contribution in [2.75, 3.05) is 0 Å².